The van der Waals surface area contributed by atoms with Crippen molar-refractivity contribution in [2.24, 2.45) is 0 Å². The average molecular weight is 275 g/mol. The smallest absolute Gasteiger partial charge is 0.129 e. The second-order valence-corrected chi connectivity index (χ2v) is 4.70. The molecule has 0 aliphatic heterocycles. The Morgan fingerprint density at radius 2 is 2.14 bits per heavy atom. The number of halogens is 3. The monoisotopic (exact) mass is 273 g/mol. The molecule has 1 fully saturated rings. The summed E-state index contributed by atoms with van der Waals surface area (Å²) in [6.07, 6.45) is 1.46. The van der Waals surface area contributed by atoms with Crippen LogP contribution in [-0.2, 0) is 5.41 Å². The second-order valence-electron chi connectivity index (χ2n) is 3.44. The van der Waals surface area contributed by atoms with E-state index in [1.165, 1.54) is 6.07 Å². The normalized spacial score (nSPS) is 17.6. The van der Waals surface area contributed by atoms with Crippen molar-refractivity contribution in [1.82, 2.24) is 0 Å². The largest absolute Gasteiger partial charge is 0.207 e. The van der Waals surface area contributed by atoms with Gasteiger partial charge in [-0.3, -0.25) is 0 Å². The van der Waals surface area contributed by atoms with Crippen molar-refractivity contribution in [1.29, 1.82) is 5.26 Å². The molecule has 14 heavy (non-hydrogen) atoms. The molecule has 0 N–H and O–H groups in total. The number of hydrogen-bond acceptors (Lipinski definition) is 1. The van der Waals surface area contributed by atoms with Crippen LogP contribution < -0.4 is 0 Å². The van der Waals surface area contributed by atoms with Gasteiger partial charge in [-0.2, -0.15) is 5.26 Å². The Morgan fingerprint density at radius 1 is 1.50 bits per heavy atom. The summed E-state index contributed by atoms with van der Waals surface area (Å²) in [6.45, 7) is 0. The van der Waals surface area contributed by atoms with Crippen LogP contribution >= 0.6 is 27.5 Å². The first-order valence-electron chi connectivity index (χ1n) is 4.15. The van der Waals surface area contributed by atoms with Gasteiger partial charge >= 0.3 is 0 Å². The van der Waals surface area contributed by atoms with Crippen molar-refractivity contribution in [2.75, 3.05) is 0 Å². The van der Waals surface area contributed by atoms with E-state index < -0.39 is 11.2 Å². The van der Waals surface area contributed by atoms with Crippen LogP contribution in [-0.4, -0.2) is 0 Å². The van der Waals surface area contributed by atoms with E-state index in [1.54, 1.807) is 6.07 Å². The zero-order valence-corrected chi connectivity index (χ0v) is 9.49. The maximum Gasteiger partial charge on any atom is 0.129 e. The van der Waals surface area contributed by atoms with Crippen LogP contribution in [0.1, 0.15) is 18.4 Å². The summed E-state index contributed by atoms with van der Waals surface area (Å²) in [4.78, 5) is 0. The molecule has 0 heterocycles. The van der Waals surface area contributed by atoms with Gasteiger partial charge in [0, 0.05) is 10.0 Å². The molecule has 0 unspecified atom stereocenters. The predicted octanol–water partition coefficient (Wildman–Crippen LogP) is 3.80. The highest BCUT2D eigenvalue weighted by atomic mass is 79.9. The zero-order chi connectivity index (χ0) is 10.3. The van der Waals surface area contributed by atoms with E-state index in [0.717, 1.165) is 12.8 Å². The topological polar surface area (TPSA) is 23.8 Å². The summed E-state index contributed by atoms with van der Waals surface area (Å²) in [5.41, 5.74) is -0.145. The molecule has 1 aromatic rings. The molecule has 0 saturated heterocycles. The van der Waals surface area contributed by atoms with E-state index in [2.05, 4.69) is 22.0 Å². The number of hydrogen-bond donors (Lipinski definition) is 0. The maximum absolute atomic E-state index is 13.5. The van der Waals surface area contributed by atoms with E-state index >= 15 is 0 Å². The quantitative estimate of drug-likeness (QED) is 0.715. The van der Waals surface area contributed by atoms with Gasteiger partial charge < -0.3 is 0 Å². The Kier molecular flexibility index (Phi) is 2.29. The van der Waals surface area contributed by atoms with Crippen LogP contribution in [0.4, 0.5) is 4.39 Å². The van der Waals surface area contributed by atoms with Crippen molar-refractivity contribution in [3.63, 3.8) is 0 Å². The summed E-state index contributed by atoms with van der Waals surface area (Å²) in [6, 6.07) is 5.01. The van der Waals surface area contributed by atoms with Gasteiger partial charge in [0.15, 0.2) is 0 Å². The summed E-state index contributed by atoms with van der Waals surface area (Å²) in [7, 11) is 0. The Hall–Kier alpha value is -0.590. The Labute approximate surface area is 94.6 Å². The third kappa shape index (κ3) is 1.43. The molecular weight excluding hydrogens is 268 g/mol. The van der Waals surface area contributed by atoms with Crippen molar-refractivity contribution < 1.29 is 4.39 Å². The van der Waals surface area contributed by atoms with Crippen LogP contribution in [0.2, 0.25) is 5.02 Å². The summed E-state index contributed by atoms with van der Waals surface area (Å²) < 4.78 is 14.1. The number of nitriles is 1. The van der Waals surface area contributed by atoms with Crippen molar-refractivity contribution >= 4 is 27.5 Å². The van der Waals surface area contributed by atoms with Gasteiger partial charge in [0.25, 0.3) is 0 Å². The molecule has 1 aromatic carbocycles. The van der Waals surface area contributed by atoms with Gasteiger partial charge in [-0.1, -0.05) is 11.6 Å². The lowest BCUT2D eigenvalue weighted by molar-refractivity contribution is 0.599. The molecule has 0 spiro atoms. The van der Waals surface area contributed by atoms with Crippen molar-refractivity contribution in [3.8, 4) is 6.07 Å². The highest BCUT2D eigenvalue weighted by Crippen LogP contribution is 2.49. The molecule has 1 saturated carbocycles. The SMILES string of the molecule is N#CC1(c2cc(Br)c(Cl)cc2F)CC1. The Bertz CT molecular complexity index is 434. The molecular formula is C10H6BrClFN. The highest BCUT2D eigenvalue weighted by Gasteiger charge is 2.46. The molecule has 72 valence electrons. The minimum Gasteiger partial charge on any atom is -0.207 e. The molecule has 4 heteroatoms. The first-order chi connectivity index (χ1) is 6.59. The Morgan fingerprint density at radius 3 is 2.64 bits per heavy atom. The summed E-state index contributed by atoms with van der Waals surface area (Å²) in [5, 5.41) is 9.26. The highest BCUT2D eigenvalue weighted by molar-refractivity contribution is 9.10. The lowest BCUT2D eigenvalue weighted by Crippen LogP contribution is -2.05. The van der Waals surface area contributed by atoms with Gasteiger partial charge in [0.05, 0.1) is 16.5 Å². The third-order valence-corrected chi connectivity index (χ3v) is 3.69. The van der Waals surface area contributed by atoms with Gasteiger partial charge in [-0.25, -0.2) is 4.39 Å². The molecule has 1 aliphatic carbocycles. The van der Waals surface area contributed by atoms with E-state index in [4.69, 9.17) is 16.9 Å². The molecule has 0 bridgehead atoms. The summed E-state index contributed by atoms with van der Waals surface area (Å²) in [5.74, 6) is -0.391. The molecule has 0 radical (unpaired) electrons. The number of rotatable bonds is 1. The maximum atomic E-state index is 13.5. The lowest BCUT2D eigenvalue weighted by atomic mass is 9.97. The number of benzene rings is 1. The van der Waals surface area contributed by atoms with E-state index in [9.17, 15) is 4.39 Å². The fourth-order valence-corrected chi connectivity index (χ4v) is 1.95. The van der Waals surface area contributed by atoms with Crippen LogP contribution in [0.5, 0.6) is 0 Å². The predicted molar refractivity (Wildman–Crippen MR) is 55.6 cm³/mol. The van der Waals surface area contributed by atoms with Crippen molar-refractivity contribution in [3.05, 3.63) is 33.0 Å². The second kappa shape index (κ2) is 3.22. The van der Waals surface area contributed by atoms with E-state index in [0.29, 0.717) is 15.1 Å². The minimum atomic E-state index is -0.600. The van der Waals surface area contributed by atoms with Crippen LogP contribution in [0.25, 0.3) is 0 Å². The number of nitrogens with zero attached hydrogens (tertiary/aromatic N) is 1. The van der Waals surface area contributed by atoms with E-state index in [-0.39, 0.29) is 0 Å². The fraction of sp³-hybridized carbons (Fsp3) is 0.300. The lowest BCUT2D eigenvalue weighted by Gasteiger charge is -2.08. The van der Waals surface area contributed by atoms with Crippen LogP contribution in [0.15, 0.2) is 16.6 Å². The third-order valence-electron chi connectivity index (χ3n) is 2.49. The standard InChI is InChI=1S/C10H6BrClFN/c11-7-3-6(9(13)4-8(7)12)10(5-14)1-2-10/h3-4H,1-2H2. The van der Waals surface area contributed by atoms with Gasteiger partial charge in [0.1, 0.15) is 5.82 Å². The molecule has 0 atom stereocenters. The van der Waals surface area contributed by atoms with Gasteiger partial charge in [0.2, 0.25) is 0 Å². The van der Waals surface area contributed by atoms with Crippen molar-refractivity contribution in [2.45, 2.75) is 18.3 Å². The minimum absolute atomic E-state index is 0.333. The molecule has 2 rings (SSSR count). The van der Waals surface area contributed by atoms with Crippen LogP contribution in [0.3, 0.4) is 0 Å². The van der Waals surface area contributed by atoms with Gasteiger partial charge in [-0.05, 0) is 40.9 Å². The fourth-order valence-electron chi connectivity index (χ4n) is 1.46. The average Bonchev–Trinajstić information content (AvgIpc) is 2.92. The molecule has 1 aliphatic rings. The first-order valence-corrected chi connectivity index (χ1v) is 5.32. The molecule has 0 amide bonds. The molecule has 1 nitrogen and oxygen atoms in total. The van der Waals surface area contributed by atoms with E-state index in [1.807, 2.05) is 0 Å². The van der Waals surface area contributed by atoms with Gasteiger partial charge in [-0.15, -0.1) is 0 Å². The first kappa shape index (κ1) is 9.95. The Balaban J connectivity index is 2.55. The zero-order valence-electron chi connectivity index (χ0n) is 7.15. The van der Waals surface area contributed by atoms with Crippen LogP contribution in [0, 0.1) is 17.1 Å². The summed E-state index contributed by atoms with van der Waals surface area (Å²) >= 11 is 8.95. The molecule has 0 aromatic heterocycles.